The van der Waals surface area contributed by atoms with Crippen molar-refractivity contribution < 1.29 is 14.2 Å². The van der Waals surface area contributed by atoms with Gasteiger partial charge in [-0.3, -0.25) is 14.3 Å². The molecule has 0 saturated carbocycles. The number of hydrogen-bond acceptors (Lipinski definition) is 5. The van der Waals surface area contributed by atoms with E-state index >= 15 is 0 Å². The van der Waals surface area contributed by atoms with Crippen molar-refractivity contribution in [3.63, 3.8) is 0 Å². The summed E-state index contributed by atoms with van der Waals surface area (Å²) in [5.74, 6) is 1.61. The summed E-state index contributed by atoms with van der Waals surface area (Å²) in [6.07, 6.45) is 7.81. The average molecular weight is 304 g/mol. The minimum Gasteiger partial charge on any atom is -0.345 e. The highest BCUT2D eigenvalue weighted by Crippen LogP contribution is 2.42. The predicted octanol–water partition coefficient (Wildman–Crippen LogP) is 0.143. The van der Waals surface area contributed by atoms with Gasteiger partial charge in [-0.15, -0.1) is 6.42 Å². The van der Waals surface area contributed by atoms with E-state index in [1.165, 1.54) is 22.9 Å². The Morgan fingerprint density at radius 1 is 1.36 bits per heavy atom. The van der Waals surface area contributed by atoms with Gasteiger partial charge in [-0.2, -0.15) is 0 Å². The molecule has 1 N–H and O–H groups in total. The minimum absolute atomic E-state index is 0.386. The van der Waals surface area contributed by atoms with Crippen LogP contribution in [0.2, 0.25) is 0 Å². The van der Waals surface area contributed by atoms with E-state index in [0.717, 1.165) is 0 Å². The van der Waals surface area contributed by atoms with Crippen LogP contribution in [0.5, 0.6) is 0 Å². The van der Waals surface area contributed by atoms with Crippen molar-refractivity contribution in [2.24, 2.45) is 0 Å². The maximum absolute atomic E-state index is 12.0. The molecule has 0 spiro atoms. The number of fused-ring (bicyclic) bond motifs is 1. The van der Waals surface area contributed by atoms with Crippen LogP contribution in [-0.4, -0.2) is 33.7 Å². The zero-order chi connectivity index (χ0) is 15.9. The van der Waals surface area contributed by atoms with Crippen molar-refractivity contribution in [3.8, 4) is 12.3 Å². The molecule has 2 aliphatic heterocycles. The first-order chi connectivity index (χ1) is 10.4. The maximum atomic E-state index is 12.0. The summed E-state index contributed by atoms with van der Waals surface area (Å²) in [5, 5.41) is 0. The van der Waals surface area contributed by atoms with Crippen molar-refractivity contribution in [2.75, 3.05) is 0 Å². The number of aromatic nitrogens is 2. The number of ether oxygens (including phenoxy) is 3. The Morgan fingerprint density at radius 2 is 2.09 bits per heavy atom. The first-order valence-electron chi connectivity index (χ1n) is 6.87. The Bertz CT molecular complexity index is 754. The number of rotatable bonds is 2. The second kappa shape index (κ2) is 5.25. The maximum Gasteiger partial charge on any atom is 0.330 e. The number of aromatic amines is 1. The highest BCUT2D eigenvalue weighted by atomic mass is 16.8. The molecule has 4 atom stereocenters. The first kappa shape index (κ1) is 14.8. The molecule has 116 valence electrons. The van der Waals surface area contributed by atoms with Crippen molar-refractivity contribution in [1.82, 2.24) is 9.55 Å². The number of allylic oxidation sites excluding steroid dienone is 1. The Labute approximate surface area is 126 Å². The zero-order valence-corrected chi connectivity index (χ0v) is 12.2. The van der Waals surface area contributed by atoms with E-state index in [9.17, 15) is 9.59 Å². The van der Waals surface area contributed by atoms with Gasteiger partial charge in [-0.05, 0) is 26.0 Å². The fourth-order valence-corrected chi connectivity index (χ4v) is 2.76. The Hall–Kier alpha value is -2.14. The molecule has 2 saturated heterocycles. The lowest BCUT2D eigenvalue weighted by atomic mass is 10.1. The molecule has 22 heavy (non-hydrogen) atoms. The number of hydrogen-bond donors (Lipinski definition) is 1. The highest BCUT2D eigenvalue weighted by Gasteiger charge is 2.55. The van der Waals surface area contributed by atoms with Crippen LogP contribution >= 0.6 is 0 Å². The summed E-state index contributed by atoms with van der Waals surface area (Å²) in [4.78, 5) is 25.4. The van der Waals surface area contributed by atoms with Gasteiger partial charge >= 0.3 is 5.69 Å². The molecule has 7 heteroatoms. The molecule has 0 aromatic carbocycles. The third kappa shape index (κ3) is 2.52. The lowest BCUT2D eigenvalue weighted by molar-refractivity contribution is -0.192. The first-order valence-corrected chi connectivity index (χ1v) is 6.87. The molecule has 1 aromatic rings. The van der Waals surface area contributed by atoms with Crippen LogP contribution in [0.15, 0.2) is 34.0 Å². The normalized spacial score (nSPS) is 33.0. The molecular weight excluding hydrogens is 288 g/mol. The molecule has 0 bridgehead atoms. The molecule has 2 aliphatic rings. The summed E-state index contributed by atoms with van der Waals surface area (Å²) < 4.78 is 18.8. The lowest BCUT2D eigenvalue weighted by Crippen LogP contribution is -2.37. The second-order valence-electron chi connectivity index (χ2n) is 5.60. The Balaban J connectivity index is 1.98. The van der Waals surface area contributed by atoms with Crippen molar-refractivity contribution in [3.05, 3.63) is 45.3 Å². The SMILES string of the molecule is C#C/C=C/[C@H]1O[C@@H](n2ccc(=O)[nH]c2=O)[C@@H]2OC(C)(C)O[C@@H]21. The standard InChI is InChI=1S/C15H16N2O5/c1-4-5-6-9-11-12(22-15(2,3)21-11)13(20-9)17-8-7-10(18)16-14(17)19/h1,5-9,11-13H,2-3H3,(H,16,18,19)/b6-5+/t9-,11-,12-,13-/m1/s1. The van der Waals surface area contributed by atoms with Gasteiger partial charge in [0.25, 0.3) is 5.56 Å². The largest absolute Gasteiger partial charge is 0.345 e. The molecule has 7 nitrogen and oxygen atoms in total. The van der Waals surface area contributed by atoms with Crippen molar-refractivity contribution in [1.29, 1.82) is 0 Å². The molecule has 0 radical (unpaired) electrons. The third-order valence-electron chi connectivity index (χ3n) is 3.57. The van der Waals surface area contributed by atoms with Gasteiger partial charge in [-0.25, -0.2) is 4.79 Å². The predicted molar refractivity (Wildman–Crippen MR) is 77.0 cm³/mol. The van der Waals surface area contributed by atoms with Crippen LogP contribution in [-0.2, 0) is 14.2 Å². The van der Waals surface area contributed by atoms with Gasteiger partial charge < -0.3 is 14.2 Å². The number of nitrogens with zero attached hydrogens (tertiary/aromatic N) is 1. The van der Waals surface area contributed by atoms with Gasteiger partial charge in [-0.1, -0.05) is 5.92 Å². The summed E-state index contributed by atoms with van der Waals surface area (Å²) in [6, 6.07) is 1.26. The Kier molecular flexibility index (Phi) is 3.53. The van der Waals surface area contributed by atoms with E-state index in [2.05, 4.69) is 10.9 Å². The van der Waals surface area contributed by atoms with E-state index in [1.54, 1.807) is 19.9 Å². The molecule has 3 heterocycles. The lowest BCUT2D eigenvalue weighted by Gasteiger charge is -2.23. The van der Waals surface area contributed by atoms with Crippen LogP contribution in [0.3, 0.4) is 0 Å². The minimum atomic E-state index is -0.786. The van der Waals surface area contributed by atoms with Crippen molar-refractivity contribution in [2.45, 2.75) is 44.2 Å². The summed E-state index contributed by atoms with van der Waals surface area (Å²) >= 11 is 0. The third-order valence-corrected chi connectivity index (χ3v) is 3.57. The highest BCUT2D eigenvalue weighted by molar-refractivity contribution is 5.15. The average Bonchev–Trinajstić information content (AvgIpc) is 2.91. The molecule has 0 unspecified atom stereocenters. The summed E-state index contributed by atoms with van der Waals surface area (Å²) in [5.41, 5.74) is -1.03. The van der Waals surface area contributed by atoms with Gasteiger partial charge in [0, 0.05) is 12.3 Å². The fraction of sp³-hybridized carbons (Fsp3) is 0.467. The van der Waals surface area contributed by atoms with E-state index in [4.69, 9.17) is 20.6 Å². The summed E-state index contributed by atoms with van der Waals surface area (Å²) in [7, 11) is 0. The fourth-order valence-electron chi connectivity index (χ4n) is 2.76. The van der Waals surface area contributed by atoms with Crippen LogP contribution in [0.25, 0.3) is 0 Å². The molecule has 3 rings (SSSR count). The second-order valence-corrected chi connectivity index (χ2v) is 5.60. The number of terminal acetylenes is 1. The van der Waals surface area contributed by atoms with E-state index in [-0.39, 0.29) is 6.10 Å². The van der Waals surface area contributed by atoms with Crippen LogP contribution in [0, 0.1) is 12.3 Å². The van der Waals surface area contributed by atoms with Gasteiger partial charge in [0.15, 0.2) is 12.0 Å². The summed E-state index contributed by atoms with van der Waals surface area (Å²) in [6.45, 7) is 3.58. The van der Waals surface area contributed by atoms with Crippen LogP contribution in [0.4, 0.5) is 0 Å². The van der Waals surface area contributed by atoms with Crippen LogP contribution < -0.4 is 11.2 Å². The molecule has 0 amide bonds. The van der Waals surface area contributed by atoms with Crippen LogP contribution in [0.1, 0.15) is 20.1 Å². The number of nitrogens with one attached hydrogen (secondary N) is 1. The molecule has 0 aliphatic carbocycles. The van der Waals surface area contributed by atoms with E-state index in [1.807, 2.05) is 0 Å². The molecule has 2 fully saturated rings. The topological polar surface area (TPSA) is 82.6 Å². The van der Waals surface area contributed by atoms with Gasteiger partial charge in [0.2, 0.25) is 0 Å². The zero-order valence-electron chi connectivity index (χ0n) is 12.2. The van der Waals surface area contributed by atoms with E-state index in [0.29, 0.717) is 0 Å². The number of H-pyrrole nitrogens is 1. The Morgan fingerprint density at radius 3 is 2.77 bits per heavy atom. The van der Waals surface area contributed by atoms with Gasteiger partial charge in [0.1, 0.15) is 18.3 Å². The molecule has 1 aromatic heterocycles. The van der Waals surface area contributed by atoms with Gasteiger partial charge in [0.05, 0.1) is 0 Å². The van der Waals surface area contributed by atoms with E-state index < -0.39 is 35.5 Å². The monoisotopic (exact) mass is 304 g/mol. The van der Waals surface area contributed by atoms with Crippen molar-refractivity contribution >= 4 is 0 Å². The molecular formula is C15H16N2O5. The quantitative estimate of drug-likeness (QED) is 0.786. The smallest absolute Gasteiger partial charge is 0.330 e.